The van der Waals surface area contributed by atoms with E-state index in [1.807, 2.05) is 38.1 Å². The lowest BCUT2D eigenvalue weighted by molar-refractivity contribution is -0.128. The number of nitrogens with one attached hydrogen (secondary N) is 2. The number of amides is 3. The highest BCUT2D eigenvalue weighted by molar-refractivity contribution is 6.00. The summed E-state index contributed by atoms with van der Waals surface area (Å²) in [5, 5.41) is 5.30. The summed E-state index contributed by atoms with van der Waals surface area (Å²) in [5.74, 6) is -0.938. The van der Waals surface area contributed by atoms with E-state index >= 15 is 0 Å². The summed E-state index contributed by atoms with van der Waals surface area (Å²) < 4.78 is 0. The van der Waals surface area contributed by atoms with Gasteiger partial charge in [0.15, 0.2) is 0 Å². The fourth-order valence-corrected chi connectivity index (χ4v) is 2.50. The number of aryl methyl sites for hydroxylation is 1. The molecule has 1 heterocycles. The second-order valence-electron chi connectivity index (χ2n) is 5.81. The first-order valence-corrected chi connectivity index (χ1v) is 7.92. The van der Waals surface area contributed by atoms with Gasteiger partial charge in [0.2, 0.25) is 17.7 Å². The van der Waals surface area contributed by atoms with Crippen LogP contribution in [0.1, 0.15) is 25.3 Å². The summed E-state index contributed by atoms with van der Waals surface area (Å²) in [6, 6.07) is 7.64. The number of hydrogen-bond acceptors (Lipinski definition) is 3. The van der Waals surface area contributed by atoms with E-state index in [1.165, 1.54) is 0 Å². The van der Waals surface area contributed by atoms with Crippen molar-refractivity contribution in [2.75, 3.05) is 24.5 Å². The van der Waals surface area contributed by atoms with Gasteiger partial charge in [-0.15, -0.1) is 0 Å². The Labute approximate surface area is 136 Å². The molecule has 0 saturated carbocycles. The zero-order valence-corrected chi connectivity index (χ0v) is 13.6. The third-order valence-electron chi connectivity index (χ3n) is 3.84. The van der Waals surface area contributed by atoms with E-state index in [1.54, 1.807) is 4.90 Å². The minimum Gasteiger partial charge on any atom is -0.355 e. The van der Waals surface area contributed by atoms with E-state index in [0.29, 0.717) is 13.1 Å². The Bertz CT molecular complexity index is 583. The first-order chi connectivity index (χ1) is 11.0. The van der Waals surface area contributed by atoms with Gasteiger partial charge in [-0.05, 0) is 25.5 Å². The topological polar surface area (TPSA) is 78.5 Å². The van der Waals surface area contributed by atoms with Crippen molar-refractivity contribution >= 4 is 23.4 Å². The fourth-order valence-electron chi connectivity index (χ4n) is 2.50. The molecule has 1 fully saturated rings. The molecule has 3 amide bonds. The van der Waals surface area contributed by atoms with Crippen LogP contribution in [-0.4, -0.2) is 37.4 Å². The number of nitrogens with zero attached hydrogens (tertiary/aromatic N) is 1. The van der Waals surface area contributed by atoms with E-state index in [9.17, 15) is 14.4 Å². The molecule has 2 rings (SSSR count). The maximum Gasteiger partial charge on any atom is 0.239 e. The van der Waals surface area contributed by atoms with E-state index in [-0.39, 0.29) is 30.7 Å². The van der Waals surface area contributed by atoms with Gasteiger partial charge in [0.25, 0.3) is 0 Å². The van der Waals surface area contributed by atoms with Crippen LogP contribution in [0.5, 0.6) is 0 Å². The average molecular weight is 317 g/mol. The van der Waals surface area contributed by atoms with Crippen LogP contribution < -0.4 is 15.5 Å². The smallest absolute Gasteiger partial charge is 0.239 e. The molecule has 6 heteroatoms. The lowest BCUT2D eigenvalue weighted by Gasteiger charge is -2.17. The molecule has 0 spiro atoms. The summed E-state index contributed by atoms with van der Waals surface area (Å²) in [7, 11) is 0. The number of rotatable bonds is 6. The Morgan fingerprint density at radius 1 is 1.22 bits per heavy atom. The quantitative estimate of drug-likeness (QED) is 0.821. The molecule has 1 aromatic carbocycles. The van der Waals surface area contributed by atoms with Gasteiger partial charge in [-0.3, -0.25) is 14.4 Å². The van der Waals surface area contributed by atoms with Crippen molar-refractivity contribution in [2.24, 2.45) is 5.92 Å². The van der Waals surface area contributed by atoms with Crippen LogP contribution in [0.2, 0.25) is 0 Å². The third kappa shape index (κ3) is 4.55. The van der Waals surface area contributed by atoms with Crippen LogP contribution in [0.3, 0.4) is 0 Å². The lowest BCUT2D eigenvalue weighted by atomic mass is 10.1. The van der Waals surface area contributed by atoms with Crippen molar-refractivity contribution in [3.05, 3.63) is 29.8 Å². The summed E-state index contributed by atoms with van der Waals surface area (Å²) in [4.78, 5) is 37.4. The molecule has 1 aromatic rings. The molecule has 6 nitrogen and oxygen atoms in total. The zero-order valence-electron chi connectivity index (χ0n) is 13.6. The fraction of sp³-hybridized carbons (Fsp3) is 0.471. The van der Waals surface area contributed by atoms with Crippen LogP contribution in [0.25, 0.3) is 0 Å². The summed E-state index contributed by atoms with van der Waals surface area (Å²) in [6.07, 6.45) is 1.03. The molecule has 0 radical (unpaired) electrons. The summed E-state index contributed by atoms with van der Waals surface area (Å²) in [5.41, 5.74) is 1.92. The van der Waals surface area contributed by atoms with E-state index in [4.69, 9.17) is 0 Å². The number of benzene rings is 1. The number of carbonyl (C=O) groups is 3. The highest BCUT2D eigenvalue weighted by atomic mass is 16.2. The molecule has 1 atom stereocenters. The monoisotopic (exact) mass is 317 g/mol. The molecule has 1 aliphatic rings. The first kappa shape index (κ1) is 17.0. The minimum atomic E-state index is -0.414. The van der Waals surface area contributed by atoms with E-state index in [2.05, 4.69) is 10.6 Å². The molecule has 0 bridgehead atoms. The molecule has 1 aliphatic heterocycles. The summed E-state index contributed by atoms with van der Waals surface area (Å²) >= 11 is 0. The molecule has 1 saturated heterocycles. The van der Waals surface area contributed by atoms with Gasteiger partial charge in [-0.1, -0.05) is 24.6 Å². The van der Waals surface area contributed by atoms with Crippen molar-refractivity contribution in [1.29, 1.82) is 0 Å². The molecular weight excluding hydrogens is 294 g/mol. The maximum absolute atomic E-state index is 12.1. The van der Waals surface area contributed by atoms with Crippen molar-refractivity contribution in [3.8, 4) is 0 Å². The number of anilines is 1. The molecule has 124 valence electrons. The van der Waals surface area contributed by atoms with Gasteiger partial charge >= 0.3 is 0 Å². The van der Waals surface area contributed by atoms with Gasteiger partial charge in [-0.25, -0.2) is 0 Å². The molecule has 23 heavy (non-hydrogen) atoms. The van der Waals surface area contributed by atoms with Crippen LogP contribution in [0.15, 0.2) is 24.3 Å². The minimum absolute atomic E-state index is 0.0476. The van der Waals surface area contributed by atoms with Gasteiger partial charge < -0.3 is 15.5 Å². The van der Waals surface area contributed by atoms with Gasteiger partial charge in [0.1, 0.15) is 0 Å². The van der Waals surface area contributed by atoms with Gasteiger partial charge in [-0.2, -0.15) is 0 Å². The normalized spacial score (nSPS) is 17.2. The molecule has 2 N–H and O–H groups in total. The van der Waals surface area contributed by atoms with Crippen LogP contribution >= 0.6 is 0 Å². The predicted octanol–water partition coefficient (Wildman–Crippen LogP) is 0.990. The van der Waals surface area contributed by atoms with Crippen molar-refractivity contribution in [3.63, 3.8) is 0 Å². The number of carbonyl (C=O) groups excluding carboxylic acids is 3. The largest absolute Gasteiger partial charge is 0.355 e. The van der Waals surface area contributed by atoms with Crippen molar-refractivity contribution in [2.45, 2.75) is 26.7 Å². The Balaban J connectivity index is 1.87. The number of hydrogen-bond donors (Lipinski definition) is 2. The van der Waals surface area contributed by atoms with Crippen molar-refractivity contribution < 1.29 is 14.4 Å². The zero-order chi connectivity index (χ0) is 16.8. The Kier molecular flexibility index (Phi) is 5.73. The molecule has 0 aliphatic carbocycles. The Morgan fingerprint density at radius 3 is 2.57 bits per heavy atom. The lowest BCUT2D eigenvalue weighted by Crippen LogP contribution is -2.40. The molecular formula is C17H23N3O3. The Morgan fingerprint density at radius 2 is 1.91 bits per heavy atom. The van der Waals surface area contributed by atoms with E-state index in [0.717, 1.165) is 17.7 Å². The van der Waals surface area contributed by atoms with E-state index < -0.39 is 5.92 Å². The maximum atomic E-state index is 12.1. The predicted molar refractivity (Wildman–Crippen MR) is 87.9 cm³/mol. The van der Waals surface area contributed by atoms with Crippen molar-refractivity contribution in [1.82, 2.24) is 10.6 Å². The highest BCUT2D eigenvalue weighted by Crippen LogP contribution is 2.25. The molecule has 0 aromatic heterocycles. The standard InChI is InChI=1S/C17H23N3O3/c1-3-8-18-15(21)10-19-17(23)13-9-16(22)20(11-13)14-6-4-12(2)5-7-14/h4-7,13H,3,8-11H2,1-2H3,(H,18,21)(H,19,23). The average Bonchev–Trinajstić information content (AvgIpc) is 2.93. The van der Waals surface area contributed by atoms with Gasteiger partial charge in [0, 0.05) is 25.2 Å². The highest BCUT2D eigenvalue weighted by Gasteiger charge is 2.35. The van der Waals surface area contributed by atoms with Crippen LogP contribution in [0, 0.1) is 12.8 Å². The second kappa shape index (κ2) is 7.76. The van der Waals surface area contributed by atoms with Gasteiger partial charge in [0.05, 0.1) is 12.5 Å². The van der Waals surface area contributed by atoms with Crippen LogP contribution in [0.4, 0.5) is 5.69 Å². The molecule has 1 unspecified atom stereocenters. The third-order valence-corrected chi connectivity index (χ3v) is 3.84. The Hall–Kier alpha value is -2.37. The first-order valence-electron chi connectivity index (χ1n) is 7.92. The summed E-state index contributed by atoms with van der Waals surface area (Å²) in [6.45, 7) is 4.84. The second-order valence-corrected chi connectivity index (χ2v) is 5.81. The SMILES string of the molecule is CCCNC(=O)CNC(=O)C1CC(=O)N(c2ccc(C)cc2)C1. The van der Waals surface area contributed by atoms with Crippen LogP contribution in [-0.2, 0) is 14.4 Å².